The number of carbonyl (C=O) groups is 2. The lowest BCUT2D eigenvalue weighted by Gasteiger charge is -2.17. The third kappa shape index (κ3) is 6.52. The van der Waals surface area contributed by atoms with E-state index in [2.05, 4.69) is 4.18 Å². The van der Waals surface area contributed by atoms with Crippen LogP contribution in [0.15, 0.2) is 0 Å². The third-order valence-corrected chi connectivity index (χ3v) is 2.05. The Hall–Kier alpha value is -0.550. The van der Waals surface area contributed by atoms with Crippen molar-refractivity contribution >= 4 is 24.1 Å². The van der Waals surface area contributed by atoms with E-state index in [0.29, 0.717) is 12.3 Å². The molecule has 88 valence electrons. The van der Waals surface area contributed by atoms with Gasteiger partial charge in [-0.3, -0.25) is 8.98 Å². The van der Waals surface area contributed by atoms with Crippen molar-refractivity contribution in [2.75, 3.05) is 0 Å². The highest BCUT2D eigenvalue weighted by Crippen LogP contribution is 2.21. The first-order valence-corrected chi connectivity index (χ1v) is 5.32. The normalized spacial score (nSPS) is 12.4. The van der Waals surface area contributed by atoms with Gasteiger partial charge in [0.05, 0.1) is 5.60 Å². The Kier molecular flexibility index (Phi) is 4.80. The molecule has 0 aliphatic heterocycles. The molecular formula is C10H18O4S. The lowest BCUT2D eigenvalue weighted by atomic mass is 9.91. The Bertz CT molecular complexity index is 247. The molecule has 0 aliphatic carbocycles. The van der Waals surface area contributed by atoms with Gasteiger partial charge in [-0.25, -0.2) is 4.79 Å². The fourth-order valence-electron chi connectivity index (χ4n) is 0.494. The van der Waals surface area contributed by atoms with Crippen LogP contribution in [0.5, 0.6) is 0 Å². The second-order valence-electron chi connectivity index (χ2n) is 5.21. The second kappa shape index (κ2) is 4.99. The zero-order valence-electron chi connectivity index (χ0n) is 10.0. The average molecular weight is 234 g/mol. The maximum atomic E-state index is 11.4. The first kappa shape index (κ1) is 14.5. The third-order valence-electron chi connectivity index (χ3n) is 1.26. The zero-order chi connectivity index (χ0) is 12.3. The molecule has 0 aliphatic rings. The summed E-state index contributed by atoms with van der Waals surface area (Å²) in [6, 6.07) is 0. The number of hydrogen-bond donors (Lipinski definition) is 0. The van der Waals surface area contributed by atoms with Gasteiger partial charge in [0, 0.05) is 5.41 Å². The summed E-state index contributed by atoms with van der Waals surface area (Å²) >= 11 is 0.542. The van der Waals surface area contributed by atoms with E-state index in [1.807, 2.05) is 20.8 Å². The molecule has 0 rings (SSSR count). The molecule has 0 heterocycles. The van der Waals surface area contributed by atoms with Crippen molar-refractivity contribution in [3.63, 3.8) is 0 Å². The number of carbonyl (C=O) groups excluding carboxylic acids is 2. The summed E-state index contributed by atoms with van der Waals surface area (Å²) < 4.78 is 9.70. The van der Waals surface area contributed by atoms with Crippen LogP contribution in [0.2, 0.25) is 0 Å². The highest BCUT2D eigenvalue weighted by molar-refractivity contribution is 7.90. The predicted octanol–water partition coefficient (Wildman–Crippen LogP) is 2.52. The molecule has 0 fully saturated rings. The molecule has 0 aromatic rings. The molecule has 5 heteroatoms. The summed E-state index contributed by atoms with van der Waals surface area (Å²) in [5.41, 5.74) is -1.14. The van der Waals surface area contributed by atoms with Crippen LogP contribution in [-0.4, -0.2) is 17.4 Å². The largest absolute Gasteiger partial charge is 0.389 e. The van der Waals surface area contributed by atoms with Crippen molar-refractivity contribution in [1.29, 1.82) is 0 Å². The molecule has 0 spiro atoms. The molecule has 0 radical (unpaired) electrons. The fraction of sp³-hybridized carbons (Fsp3) is 0.800. The van der Waals surface area contributed by atoms with Crippen LogP contribution in [0.25, 0.3) is 0 Å². The van der Waals surface area contributed by atoms with Gasteiger partial charge in [0.2, 0.25) is 18.1 Å². The molecule has 0 saturated heterocycles. The lowest BCUT2D eigenvalue weighted by Crippen LogP contribution is -2.29. The minimum Gasteiger partial charge on any atom is -0.358 e. The van der Waals surface area contributed by atoms with E-state index in [1.165, 1.54) is 0 Å². The standard InChI is InChI=1S/C10H18O4S/c1-9(2,3)7(11)8(12)13-15-14-10(4,5)6/h1-6H3. The molecule has 0 amide bonds. The highest BCUT2D eigenvalue weighted by atomic mass is 32.2. The van der Waals surface area contributed by atoms with Gasteiger partial charge in [0.15, 0.2) is 0 Å². The minimum atomic E-state index is -0.878. The average Bonchev–Trinajstić information content (AvgIpc) is 1.98. The van der Waals surface area contributed by atoms with Crippen molar-refractivity contribution in [3.8, 4) is 0 Å². The van der Waals surface area contributed by atoms with E-state index in [9.17, 15) is 9.59 Å². The minimum absolute atomic E-state index is 0.421. The molecule has 0 aromatic carbocycles. The van der Waals surface area contributed by atoms with Crippen LogP contribution >= 0.6 is 12.3 Å². The van der Waals surface area contributed by atoms with Crippen molar-refractivity contribution in [2.45, 2.75) is 47.1 Å². The quantitative estimate of drug-likeness (QED) is 0.555. The monoisotopic (exact) mass is 234 g/mol. The summed E-state index contributed by atoms with van der Waals surface area (Å²) in [6.45, 7) is 10.4. The van der Waals surface area contributed by atoms with E-state index in [-0.39, 0.29) is 0 Å². The number of ketones is 1. The van der Waals surface area contributed by atoms with Gasteiger partial charge in [0.1, 0.15) is 0 Å². The molecule has 0 N–H and O–H groups in total. The summed E-state index contributed by atoms with van der Waals surface area (Å²) in [5.74, 6) is -1.44. The molecule has 15 heavy (non-hydrogen) atoms. The molecule has 0 aromatic heterocycles. The maximum Gasteiger partial charge on any atom is 0.389 e. The zero-order valence-corrected chi connectivity index (χ0v) is 10.9. The van der Waals surface area contributed by atoms with Gasteiger partial charge in [-0.05, 0) is 20.8 Å². The van der Waals surface area contributed by atoms with Gasteiger partial charge in [-0.2, -0.15) is 0 Å². The van der Waals surface area contributed by atoms with Gasteiger partial charge in [-0.15, -0.1) is 0 Å². The van der Waals surface area contributed by atoms with Crippen molar-refractivity contribution in [3.05, 3.63) is 0 Å². The summed E-state index contributed by atoms with van der Waals surface area (Å²) in [6.07, 6.45) is 0. The molecule has 0 atom stereocenters. The van der Waals surface area contributed by atoms with Crippen LogP contribution < -0.4 is 0 Å². The fourth-order valence-corrected chi connectivity index (χ4v) is 0.870. The molecule has 4 nitrogen and oxygen atoms in total. The van der Waals surface area contributed by atoms with E-state index in [1.54, 1.807) is 20.8 Å². The van der Waals surface area contributed by atoms with Crippen LogP contribution in [0, 0.1) is 5.41 Å². The smallest absolute Gasteiger partial charge is 0.358 e. The number of hydrogen-bond acceptors (Lipinski definition) is 5. The Balaban J connectivity index is 4.02. The lowest BCUT2D eigenvalue weighted by molar-refractivity contribution is -0.150. The topological polar surface area (TPSA) is 52.6 Å². The molecule has 0 bridgehead atoms. The Morgan fingerprint density at radius 1 is 1.00 bits per heavy atom. The van der Waals surface area contributed by atoms with E-state index in [0.717, 1.165) is 0 Å². The summed E-state index contributed by atoms with van der Waals surface area (Å²) in [4.78, 5) is 22.6. The Labute approximate surface area is 95.1 Å². The van der Waals surface area contributed by atoms with Crippen LogP contribution in [-0.2, 0) is 18.0 Å². The Morgan fingerprint density at radius 2 is 1.47 bits per heavy atom. The van der Waals surface area contributed by atoms with Crippen LogP contribution in [0.1, 0.15) is 41.5 Å². The molecular weight excluding hydrogens is 216 g/mol. The predicted molar refractivity (Wildman–Crippen MR) is 59.0 cm³/mol. The first-order chi connectivity index (χ1) is 6.54. The van der Waals surface area contributed by atoms with E-state index in [4.69, 9.17) is 4.18 Å². The van der Waals surface area contributed by atoms with Gasteiger partial charge in [0.25, 0.3) is 0 Å². The van der Waals surface area contributed by atoms with Crippen molar-refractivity contribution in [2.24, 2.45) is 5.41 Å². The maximum absolute atomic E-state index is 11.4. The second-order valence-corrected chi connectivity index (χ2v) is 5.68. The number of Topliss-reactive ketones (excluding diaryl/α,β-unsaturated/α-hetero) is 1. The number of rotatable bonds is 3. The van der Waals surface area contributed by atoms with Crippen LogP contribution in [0.3, 0.4) is 0 Å². The highest BCUT2D eigenvalue weighted by Gasteiger charge is 2.30. The summed E-state index contributed by atoms with van der Waals surface area (Å²) in [5, 5.41) is 0. The van der Waals surface area contributed by atoms with E-state index >= 15 is 0 Å². The first-order valence-electron chi connectivity index (χ1n) is 4.65. The van der Waals surface area contributed by atoms with Crippen molar-refractivity contribution in [1.82, 2.24) is 0 Å². The van der Waals surface area contributed by atoms with Crippen LogP contribution in [0.4, 0.5) is 0 Å². The molecule has 0 unspecified atom stereocenters. The van der Waals surface area contributed by atoms with Crippen molar-refractivity contribution < 1.29 is 18.0 Å². The van der Waals surface area contributed by atoms with Gasteiger partial charge in [-0.1, -0.05) is 20.8 Å². The molecule has 0 saturated carbocycles. The van der Waals surface area contributed by atoms with E-state index < -0.39 is 22.8 Å². The summed E-state index contributed by atoms with van der Waals surface area (Å²) in [7, 11) is 0. The van der Waals surface area contributed by atoms with Gasteiger partial charge < -0.3 is 4.18 Å². The SMILES string of the molecule is CC(C)(C)OSOC(=O)C(=O)C(C)(C)C. The van der Waals surface area contributed by atoms with Gasteiger partial charge >= 0.3 is 5.97 Å². The Morgan fingerprint density at radius 3 is 1.80 bits per heavy atom.